The third-order valence-electron chi connectivity index (χ3n) is 10.2. The quantitative estimate of drug-likeness (QED) is 0.257. The van der Waals surface area contributed by atoms with Gasteiger partial charge in [-0.1, -0.05) is 25.8 Å². The molecule has 242 valence electrons. The molecule has 0 radical (unpaired) electrons. The summed E-state index contributed by atoms with van der Waals surface area (Å²) < 4.78 is 54.3. The maximum atomic E-state index is 16.9. The number of fused-ring (bicyclic) bond motifs is 4. The van der Waals surface area contributed by atoms with Gasteiger partial charge in [-0.05, 0) is 62.0 Å². The number of terminal acetylenes is 2. The highest BCUT2D eigenvalue weighted by atomic mass is 19.1. The number of hydrogen-bond donors (Lipinski definition) is 2. The molecule has 0 unspecified atom stereocenters. The van der Waals surface area contributed by atoms with Gasteiger partial charge in [-0.15, -0.1) is 18.8 Å². The Kier molecular flexibility index (Phi) is 7.90. The Hall–Kier alpha value is -4.51. The molecular formula is C37H36F3N5O2. The van der Waals surface area contributed by atoms with Crippen molar-refractivity contribution in [3.05, 3.63) is 53.3 Å². The number of rotatable bonds is 6. The van der Waals surface area contributed by atoms with E-state index in [4.69, 9.17) is 22.6 Å². The van der Waals surface area contributed by atoms with Gasteiger partial charge in [0.1, 0.15) is 28.7 Å². The number of benzene rings is 3. The van der Waals surface area contributed by atoms with E-state index in [-0.39, 0.29) is 63.8 Å². The predicted molar refractivity (Wildman–Crippen MR) is 177 cm³/mol. The summed E-state index contributed by atoms with van der Waals surface area (Å²) in [7, 11) is 0. The van der Waals surface area contributed by atoms with Crippen LogP contribution in [0.5, 0.6) is 11.8 Å². The summed E-state index contributed by atoms with van der Waals surface area (Å²) in [5, 5.41) is 14.8. The van der Waals surface area contributed by atoms with Crippen LogP contribution < -0.4 is 15.0 Å². The molecule has 3 aliphatic heterocycles. The minimum atomic E-state index is -0.992. The van der Waals surface area contributed by atoms with E-state index in [0.717, 1.165) is 45.0 Å². The van der Waals surface area contributed by atoms with Crippen molar-refractivity contribution >= 4 is 27.5 Å². The van der Waals surface area contributed by atoms with Crippen LogP contribution in [-0.2, 0) is 0 Å². The van der Waals surface area contributed by atoms with Crippen LogP contribution in [0, 0.1) is 53.5 Å². The number of piperazine rings is 1. The third kappa shape index (κ3) is 5.40. The fourth-order valence-corrected chi connectivity index (χ4v) is 7.74. The number of nitrogens with zero attached hydrogens (tertiary/aromatic N) is 4. The Morgan fingerprint density at radius 2 is 1.83 bits per heavy atom. The molecule has 0 spiro atoms. The fraction of sp³-hybridized carbons (Fsp3) is 0.405. The van der Waals surface area contributed by atoms with Crippen LogP contribution in [0.15, 0.2) is 30.3 Å². The number of ether oxygens (including phenoxy) is 1. The first kappa shape index (κ1) is 31.1. The van der Waals surface area contributed by atoms with Crippen LogP contribution in [0.3, 0.4) is 0 Å². The number of anilines is 1. The summed E-state index contributed by atoms with van der Waals surface area (Å²) in [6.45, 7) is 8.11. The molecule has 7 nitrogen and oxygen atoms in total. The molecule has 3 aliphatic rings. The number of halogens is 3. The van der Waals surface area contributed by atoms with E-state index >= 15 is 8.78 Å². The molecule has 10 heteroatoms. The molecule has 4 atom stereocenters. The molecule has 2 N–H and O–H groups in total. The van der Waals surface area contributed by atoms with Crippen LogP contribution in [-0.4, -0.2) is 71.4 Å². The molecule has 3 aromatic carbocycles. The smallest absolute Gasteiger partial charge is 0.319 e. The van der Waals surface area contributed by atoms with Gasteiger partial charge in [0.15, 0.2) is 5.82 Å². The number of phenolic OH excluding ortho intramolecular Hbond substituents is 1. The Balaban J connectivity index is 1.40. The maximum absolute atomic E-state index is 16.9. The molecule has 0 aliphatic carbocycles. The highest BCUT2D eigenvalue weighted by Gasteiger charge is 2.40. The number of aromatic nitrogens is 2. The SMILES string of the molecule is C#Cc1c(F)ccc2cc(O)cc(-c3c(F)cc4c(N5C[C@H]6CC[C@@H](C5)N6)nc(OC[C@@]5(C)CN(CC)CC[C@@H]5C#C)nc4c3F)c12. The van der Waals surface area contributed by atoms with Gasteiger partial charge in [0.2, 0.25) is 0 Å². The lowest BCUT2D eigenvalue weighted by atomic mass is 9.73. The van der Waals surface area contributed by atoms with Crippen LogP contribution in [0.25, 0.3) is 32.8 Å². The second kappa shape index (κ2) is 11.9. The van der Waals surface area contributed by atoms with Crippen LogP contribution in [0.1, 0.15) is 38.7 Å². The maximum Gasteiger partial charge on any atom is 0.319 e. The fourth-order valence-electron chi connectivity index (χ4n) is 7.74. The topological polar surface area (TPSA) is 73.8 Å². The average Bonchev–Trinajstić information content (AvgIpc) is 3.40. The van der Waals surface area contributed by atoms with Gasteiger partial charge in [0.25, 0.3) is 0 Å². The Morgan fingerprint density at radius 3 is 2.53 bits per heavy atom. The van der Waals surface area contributed by atoms with Gasteiger partial charge in [-0.2, -0.15) is 9.97 Å². The van der Waals surface area contributed by atoms with Crippen molar-refractivity contribution in [1.29, 1.82) is 0 Å². The van der Waals surface area contributed by atoms with E-state index in [2.05, 4.69) is 40.9 Å². The van der Waals surface area contributed by atoms with E-state index in [0.29, 0.717) is 24.3 Å². The van der Waals surface area contributed by atoms with Crippen molar-refractivity contribution < 1.29 is 23.0 Å². The van der Waals surface area contributed by atoms with Crippen molar-refractivity contribution in [2.75, 3.05) is 44.2 Å². The number of aromatic hydroxyl groups is 1. The molecule has 4 aromatic rings. The summed E-state index contributed by atoms with van der Waals surface area (Å²) in [5.74, 6) is 2.70. The van der Waals surface area contributed by atoms with E-state index in [1.54, 1.807) is 0 Å². The van der Waals surface area contributed by atoms with Gasteiger partial charge in [-0.25, -0.2) is 13.2 Å². The zero-order valence-corrected chi connectivity index (χ0v) is 26.4. The monoisotopic (exact) mass is 639 g/mol. The summed E-state index contributed by atoms with van der Waals surface area (Å²) in [6.07, 6.45) is 14.4. The van der Waals surface area contributed by atoms with Gasteiger partial charge in [-0.3, -0.25) is 0 Å². The summed E-state index contributed by atoms with van der Waals surface area (Å²) in [5.41, 5.74) is -1.29. The summed E-state index contributed by atoms with van der Waals surface area (Å²) in [6, 6.07) is 6.74. The van der Waals surface area contributed by atoms with Gasteiger partial charge < -0.3 is 25.0 Å². The first-order valence-electron chi connectivity index (χ1n) is 16.1. The minimum Gasteiger partial charge on any atom is -0.508 e. The minimum absolute atomic E-state index is 0.0313. The molecule has 0 amide bonds. The second-order valence-corrected chi connectivity index (χ2v) is 13.3. The summed E-state index contributed by atoms with van der Waals surface area (Å²) in [4.78, 5) is 13.6. The first-order chi connectivity index (χ1) is 22.6. The van der Waals surface area contributed by atoms with E-state index in [9.17, 15) is 9.50 Å². The molecule has 0 saturated carbocycles. The molecule has 1 aromatic heterocycles. The Bertz CT molecular complexity index is 1980. The molecule has 3 saturated heterocycles. The van der Waals surface area contributed by atoms with Crippen LogP contribution in [0.2, 0.25) is 0 Å². The lowest BCUT2D eigenvalue weighted by Crippen LogP contribution is -2.51. The molecule has 7 rings (SSSR count). The molecule has 2 bridgehead atoms. The van der Waals surface area contributed by atoms with Crippen molar-refractivity contribution in [2.45, 2.75) is 45.2 Å². The zero-order valence-electron chi connectivity index (χ0n) is 26.4. The number of piperidine rings is 1. The van der Waals surface area contributed by atoms with Crippen molar-refractivity contribution in [1.82, 2.24) is 20.2 Å². The number of hydrogen-bond acceptors (Lipinski definition) is 7. The molecule has 4 heterocycles. The lowest BCUT2D eigenvalue weighted by Gasteiger charge is -2.43. The van der Waals surface area contributed by atoms with Crippen LogP contribution in [0.4, 0.5) is 19.0 Å². The number of likely N-dealkylation sites (tertiary alicyclic amines) is 1. The number of nitrogens with one attached hydrogen (secondary N) is 1. The summed E-state index contributed by atoms with van der Waals surface area (Å²) >= 11 is 0. The van der Waals surface area contributed by atoms with Crippen LogP contribution >= 0.6 is 0 Å². The van der Waals surface area contributed by atoms with E-state index in [1.807, 2.05) is 4.90 Å². The Morgan fingerprint density at radius 1 is 1.06 bits per heavy atom. The average molecular weight is 640 g/mol. The first-order valence-corrected chi connectivity index (χ1v) is 16.1. The van der Waals surface area contributed by atoms with Gasteiger partial charge >= 0.3 is 6.01 Å². The lowest BCUT2D eigenvalue weighted by molar-refractivity contribution is 0.0261. The highest BCUT2D eigenvalue weighted by Crippen LogP contribution is 2.42. The molecule has 3 fully saturated rings. The van der Waals surface area contributed by atoms with Crippen molar-refractivity contribution in [3.8, 4) is 47.6 Å². The largest absolute Gasteiger partial charge is 0.508 e. The normalized spacial score (nSPS) is 24.4. The second-order valence-electron chi connectivity index (χ2n) is 13.3. The predicted octanol–water partition coefficient (Wildman–Crippen LogP) is 5.85. The standard InChI is InChI=1S/C37H36F3N5O2/c1-5-22-12-13-44(7-3)19-37(22,4)20-47-36-42-34-28(35(43-36)45-17-23-9-10-24(18-45)41-23)16-30(39)32(33(34)40)27-15-25(46)14-21-8-11-29(38)26(6-2)31(21)27/h1-2,8,11,14-16,22-24,41,46H,7,9-10,12-13,17-20H2,3-4H3/t22-,23-,24+,37+/m0/s1. The van der Waals surface area contributed by atoms with Crippen molar-refractivity contribution in [2.24, 2.45) is 11.3 Å². The molecular weight excluding hydrogens is 603 g/mol. The number of phenols is 1. The van der Waals surface area contributed by atoms with Crippen molar-refractivity contribution in [3.63, 3.8) is 0 Å². The van der Waals surface area contributed by atoms with Gasteiger partial charge in [0, 0.05) is 59.4 Å². The third-order valence-corrected chi connectivity index (χ3v) is 10.2. The molecule has 47 heavy (non-hydrogen) atoms. The Labute approximate surface area is 272 Å². The van der Waals surface area contributed by atoms with Gasteiger partial charge in [0.05, 0.1) is 17.7 Å². The highest BCUT2D eigenvalue weighted by molar-refractivity contribution is 6.04. The van der Waals surface area contributed by atoms with E-state index in [1.165, 1.54) is 24.3 Å². The van der Waals surface area contributed by atoms with E-state index < -0.39 is 28.4 Å². The zero-order chi connectivity index (χ0) is 33.0.